The third kappa shape index (κ3) is 14.9. The largest absolute Gasteiger partial charge is 0.370 e. The molecule has 0 radical (unpaired) electrons. The highest BCUT2D eigenvalue weighted by Crippen LogP contribution is 2.15. The molecule has 1 aliphatic rings. The lowest BCUT2D eigenvalue weighted by molar-refractivity contribution is -0.137. The van der Waals surface area contributed by atoms with E-state index in [1.165, 1.54) is 0 Å². The molecule has 0 aliphatic carbocycles. The van der Waals surface area contributed by atoms with Crippen molar-refractivity contribution in [1.82, 2.24) is 31.9 Å². The van der Waals surface area contributed by atoms with Crippen molar-refractivity contribution in [2.75, 3.05) is 12.3 Å². The van der Waals surface area contributed by atoms with Crippen LogP contribution in [0.15, 0.2) is 35.3 Å². The Morgan fingerprint density at radius 1 is 0.660 bits per heavy atom. The first kappa shape index (κ1) is 44.8. The number of nitrogens with one attached hydrogen (secondary N) is 6. The van der Waals surface area contributed by atoms with Gasteiger partial charge < -0.3 is 43.4 Å². The number of amides is 6. The molecule has 1 aromatic rings. The van der Waals surface area contributed by atoms with Crippen LogP contribution in [0, 0.1) is 17.8 Å². The quantitative estimate of drug-likeness (QED) is 0.0564. The number of carbonyl (C=O) groups excluding carboxylic acids is 6. The molecule has 0 unspecified atom stereocenters. The number of carbonyl (C=O) groups is 6. The number of nitrogens with two attached hydrogens (primary N) is 2. The molecular formula is C37H61N9O6S. The third-order valence-electron chi connectivity index (χ3n) is 9.47. The molecule has 53 heavy (non-hydrogen) atoms. The van der Waals surface area contributed by atoms with Gasteiger partial charge in [0.05, 0.1) is 0 Å². The highest BCUT2D eigenvalue weighted by Gasteiger charge is 2.37. The Bertz CT molecular complexity index is 1410. The van der Waals surface area contributed by atoms with E-state index in [-0.39, 0.29) is 61.7 Å². The number of nitrogens with zero attached hydrogens (tertiary/aromatic N) is 1. The van der Waals surface area contributed by atoms with Crippen molar-refractivity contribution in [3.63, 3.8) is 0 Å². The fourth-order valence-corrected chi connectivity index (χ4v) is 6.17. The minimum atomic E-state index is -1.14. The van der Waals surface area contributed by atoms with E-state index in [0.717, 1.165) is 5.56 Å². The second kappa shape index (κ2) is 22.7. The van der Waals surface area contributed by atoms with Crippen molar-refractivity contribution in [3.05, 3.63) is 35.9 Å². The minimum absolute atomic E-state index is 0.0352. The average molecular weight is 760 g/mol. The van der Waals surface area contributed by atoms with Crippen molar-refractivity contribution >= 4 is 54.0 Å². The molecule has 1 aliphatic heterocycles. The molecule has 0 saturated carbocycles. The molecule has 0 spiro atoms. The summed E-state index contributed by atoms with van der Waals surface area (Å²) in [5.74, 6) is -4.27. The minimum Gasteiger partial charge on any atom is -0.370 e. The summed E-state index contributed by atoms with van der Waals surface area (Å²) in [5, 5.41) is 16.9. The molecule has 6 amide bonds. The topological polar surface area (TPSA) is 239 Å². The van der Waals surface area contributed by atoms with Gasteiger partial charge in [-0.1, -0.05) is 84.7 Å². The van der Waals surface area contributed by atoms with Gasteiger partial charge in [-0.3, -0.25) is 33.8 Å². The predicted octanol–water partition coefficient (Wildman–Crippen LogP) is 0.663. The van der Waals surface area contributed by atoms with Crippen LogP contribution in [0.2, 0.25) is 0 Å². The van der Waals surface area contributed by atoms with Crippen LogP contribution in [0.4, 0.5) is 0 Å². The lowest BCUT2D eigenvalue weighted by Gasteiger charge is -2.32. The number of hydrogen-bond donors (Lipinski definition) is 9. The van der Waals surface area contributed by atoms with Crippen LogP contribution in [0.25, 0.3) is 0 Å². The van der Waals surface area contributed by atoms with Gasteiger partial charge in [-0.25, -0.2) is 0 Å². The summed E-state index contributed by atoms with van der Waals surface area (Å²) >= 11 is 4.31. The Morgan fingerprint density at radius 3 is 1.62 bits per heavy atom. The number of guanidine groups is 1. The fraction of sp³-hybridized carbons (Fsp3) is 0.649. The number of hydrogen-bond acceptors (Lipinski definition) is 8. The molecule has 16 heteroatoms. The summed E-state index contributed by atoms with van der Waals surface area (Å²) in [6.45, 7) is 11.4. The second-order valence-corrected chi connectivity index (χ2v) is 14.7. The highest BCUT2D eigenvalue weighted by atomic mass is 32.1. The van der Waals surface area contributed by atoms with Crippen molar-refractivity contribution in [3.8, 4) is 0 Å². The SMILES string of the molecule is CC[C@H](C)[C@@H]1NC(=O)[C@H](CC(C)C)NC(=O)[C@H](CCCN=C(N)N)NC(=O)[C@H](CCS)NC(=O)[C@H](Cc2ccccc2)NC(=O)[C@H]([C@@H](C)CC)NC1=O. The van der Waals surface area contributed by atoms with E-state index in [1.807, 2.05) is 71.9 Å². The number of aliphatic imine (C=N–C) groups is 1. The summed E-state index contributed by atoms with van der Waals surface area (Å²) < 4.78 is 0. The normalized spacial score (nSPS) is 25.0. The summed E-state index contributed by atoms with van der Waals surface area (Å²) in [4.78, 5) is 87.7. The van der Waals surface area contributed by atoms with Crippen LogP contribution in [0.5, 0.6) is 0 Å². The van der Waals surface area contributed by atoms with Crippen LogP contribution < -0.4 is 43.4 Å². The van der Waals surface area contributed by atoms with E-state index in [4.69, 9.17) is 11.5 Å². The molecule has 1 heterocycles. The van der Waals surface area contributed by atoms with Gasteiger partial charge in [0.15, 0.2) is 5.96 Å². The molecule has 10 N–H and O–H groups in total. The molecule has 1 aromatic carbocycles. The molecule has 1 fully saturated rings. The second-order valence-electron chi connectivity index (χ2n) is 14.3. The van der Waals surface area contributed by atoms with Crippen molar-refractivity contribution in [2.45, 2.75) is 123 Å². The Morgan fingerprint density at radius 2 is 1.11 bits per heavy atom. The van der Waals surface area contributed by atoms with Gasteiger partial charge in [-0.2, -0.15) is 12.6 Å². The van der Waals surface area contributed by atoms with Gasteiger partial charge in [0.25, 0.3) is 0 Å². The van der Waals surface area contributed by atoms with E-state index in [1.54, 1.807) is 0 Å². The summed E-state index contributed by atoms with van der Waals surface area (Å²) in [7, 11) is 0. The molecule has 2 rings (SSSR count). The smallest absolute Gasteiger partial charge is 0.243 e. The summed E-state index contributed by atoms with van der Waals surface area (Å²) in [6.07, 6.45) is 1.89. The van der Waals surface area contributed by atoms with Gasteiger partial charge in [-0.15, -0.1) is 0 Å². The fourth-order valence-electron chi connectivity index (χ4n) is 5.91. The average Bonchev–Trinajstić information content (AvgIpc) is 3.11. The van der Waals surface area contributed by atoms with Gasteiger partial charge in [-0.05, 0) is 54.8 Å². The zero-order valence-electron chi connectivity index (χ0n) is 31.9. The standard InChI is InChI=1S/C37H61N9O6S/c1-7-22(5)29-35(51)44-28(20-24-13-10-9-11-14-24)33(49)42-26(16-18-53)32(48)41-25(15-12-17-40-37(38)39)31(47)43-27(19-21(3)4)34(50)45-30(23(6)8-2)36(52)46-29/h9-11,13-14,21-23,25-30,53H,7-8,12,15-20H2,1-6H3,(H,41,48)(H,42,49)(H,43,47)(H,44,51)(H,45,50)(H,46,52)(H4,38,39,40)/t22-,23-,25-,26-,27-,28-,29-,30-/m0/s1. The van der Waals surface area contributed by atoms with Crippen LogP contribution in [0.1, 0.15) is 85.6 Å². The molecule has 0 aromatic heterocycles. The van der Waals surface area contributed by atoms with E-state index in [2.05, 4.69) is 49.5 Å². The summed E-state index contributed by atoms with van der Waals surface area (Å²) in [6, 6.07) is 2.52. The third-order valence-corrected chi connectivity index (χ3v) is 9.73. The van der Waals surface area contributed by atoms with Gasteiger partial charge in [0.1, 0.15) is 36.3 Å². The van der Waals surface area contributed by atoms with E-state index >= 15 is 0 Å². The van der Waals surface area contributed by atoms with Crippen LogP contribution >= 0.6 is 12.6 Å². The monoisotopic (exact) mass is 759 g/mol. The Hall–Kier alpha value is -4.34. The predicted molar refractivity (Wildman–Crippen MR) is 208 cm³/mol. The van der Waals surface area contributed by atoms with Gasteiger partial charge >= 0.3 is 0 Å². The van der Waals surface area contributed by atoms with Crippen molar-refractivity contribution in [1.29, 1.82) is 0 Å². The van der Waals surface area contributed by atoms with Gasteiger partial charge in [0, 0.05) is 13.0 Å². The maximum atomic E-state index is 14.0. The van der Waals surface area contributed by atoms with Crippen LogP contribution in [-0.4, -0.2) is 90.0 Å². The van der Waals surface area contributed by atoms with Gasteiger partial charge in [0.2, 0.25) is 35.4 Å². The van der Waals surface area contributed by atoms with Crippen LogP contribution in [-0.2, 0) is 35.2 Å². The molecule has 15 nitrogen and oxygen atoms in total. The van der Waals surface area contributed by atoms with Crippen molar-refractivity contribution in [2.24, 2.45) is 34.2 Å². The first-order valence-electron chi connectivity index (χ1n) is 18.6. The number of benzene rings is 1. The van der Waals surface area contributed by atoms with E-state index in [0.29, 0.717) is 19.3 Å². The maximum Gasteiger partial charge on any atom is 0.243 e. The molecule has 1 saturated heterocycles. The number of thiol groups is 1. The zero-order chi connectivity index (χ0) is 39.7. The lowest BCUT2D eigenvalue weighted by Crippen LogP contribution is -2.63. The first-order chi connectivity index (χ1) is 25.1. The Labute approximate surface area is 319 Å². The Kier molecular flexibility index (Phi) is 19.2. The first-order valence-corrected chi connectivity index (χ1v) is 19.3. The molecule has 296 valence electrons. The molecule has 0 bridgehead atoms. The molecular weight excluding hydrogens is 699 g/mol. The lowest BCUT2D eigenvalue weighted by atomic mass is 9.93. The summed E-state index contributed by atoms with van der Waals surface area (Å²) in [5.41, 5.74) is 11.7. The zero-order valence-corrected chi connectivity index (χ0v) is 32.8. The van der Waals surface area contributed by atoms with Crippen molar-refractivity contribution < 1.29 is 28.8 Å². The van der Waals surface area contributed by atoms with Crippen LogP contribution in [0.3, 0.4) is 0 Å². The van der Waals surface area contributed by atoms with E-state index < -0.39 is 71.7 Å². The highest BCUT2D eigenvalue weighted by molar-refractivity contribution is 7.80. The Balaban J connectivity index is 2.69. The number of rotatable bonds is 14. The maximum absolute atomic E-state index is 14.0. The van der Waals surface area contributed by atoms with E-state index in [9.17, 15) is 28.8 Å². The molecule has 8 atom stereocenters.